The normalized spacial score (nSPS) is 10.8. The molecule has 0 bridgehead atoms. The zero-order valence-electron chi connectivity index (χ0n) is 17.4. The van der Waals surface area contributed by atoms with Crippen LogP contribution in [0.3, 0.4) is 0 Å². The van der Waals surface area contributed by atoms with E-state index in [2.05, 4.69) is 6.92 Å². The van der Waals surface area contributed by atoms with Crippen LogP contribution in [0.2, 0.25) is 0 Å². The largest absolute Gasteiger partial charge is 0.491 e. The first-order chi connectivity index (χ1) is 14.7. The number of hydrogen-bond donors (Lipinski definition) is 0. The van der Waals surface area contributed by atoms with Crippen molar-refractivity contribution < 1.29 is 18.3 Å². The predicted octanol–water partition coefficient (Wildman–Crippen LogP) is 7.56. The quantitative estimate of drug-likeness (QED) is 0.304. The molecule has 0 atom stereocenters. The number of unbranched alkanes of at least 4 members (excludes halogenated alkanes) is 4. The van der Waals surface area contributed by atoms with Gasteiger partial charge < -0.3 is 9.47 Å². The number of hydrogen-bond acceptors (Lipinski definition) is 2. The van der Waals surface area contributed by atoms with E-state index in [1.807, 2.05) is 30.3 Å². The Kier molecular flexibility index (Phi) is 8.25. The predicted molar refractivity (Wildman–Crippen MR) is 117 cm³/mol. The summed E-state index contributed by atoms with van der Waals surface area (Å²) >= 11 is 0. The summed E-state index contributed by atoms with van der Waals surface area (Å²) in [6, 6.07) is 19.0. The minimum atomic E-state index is -0.476. The Morgan fingerprint density at radius 3 is 1.87 bits per heavy atom. The van der Waals surface area contributed by atoms with Crippen molar-refractivity contribution in [2.45, 2.75) is 45.6 Å². The molecule has 0 amide bonds. The molecule has 158 valence electrons. The van der Waals surface area contributed by atoms with Crippen molar-refractivity contribution in [1.29, 1.82) is 0 Å². The molecular weight excluding hydrogens is 382 g/mol. The Morgan fingerprint density at radius 1 is 0.667 bits per heavy atom. The van der Waals surface area contributed by atoms with E-state index in [0.717, 1.165) is 18.4 Å². The van der Waals surface area contributed by atoms with E-state index in [9.17, 15) is 8.78 Å². The number of rotatable bonds is 11. The molecule has 3 aromatic rings. The van der Waals surface area contributed by atoms with Gasteiger partial charge in [-0.15, -0.1) is 0 Å². The molecule has 0 fully saturated rings. The van der Waals surface area contributed by atoms with E-state index in [4.69, 9.17) is 9.47 Å². The Labute approximate surface area is 177 Å². The van der Waals surface area contributed by atoms with Gasteiger partial charge in [0.05, 0.1) is 6.61 Å². The van der Waals surface area contributed by atoms with E-state index in [1.165, 1.54) is 31.4 Å². The van der Waals surface area contributed by atoms with Gasteiger partial charge in [0.1, 0.15) is 6.61 Å². The molecule has 3 rings (SSSR count). The third kappa shape index (κ3) is 6.31. The van der Waals surface area contributed by atoms with Crippen LogP contribution in [-0.4, -0.2) is 6.61 Å². The van der Waals surface area contributed by atoms with Crippen molar-refractivity contribution in [2.75, 3.05) is 6.61 Å². The lowest BCUT2D eigenvalue weighted by Crippen LogP contribution is -1.99. The molecule has 0 saturated carbocycles. The minimum absolute atomic E-state index is 0.172. The molecular formula is C26H28F2O2. The lowest BCUT2D eigenvalue weighted by Gasteiger charge is -2.11. The van der Waals surface area contributed by atoms with Crippen molar-refractivity contribution in [3.8, 4) is 22.6 Å². The molecule has 0 N–H and O–H groups in total. The van der Waals surface area contributed by atoms with Gasteiger partial charge in [-0.05, 0) is 47.4 Å². The van der Waals surface area contributed by atoms with Crippen LogP contribution in [0.4, 0.5) is 8.78 Å². The molecule has 30 heavy (non-hydrogen) atoms. The SMILES string of the molecule is CCCCCCCOc1ccc(-c2ccc(OCc3ccccc3)c(F)c2)cc1F. The van der Waals surface area contributed by atoms with Crippen LogP contribution in [0.1, 0.15) is 44.6 Å². The maximum atomic E-state index is 14.5. The first-order valence-electron chi connectivity index (χ1n) is 10.6. The van der Waals surface area contributed by atoms with Crippen molar-refractivity contribution in [2.24, 2.45) is 0 Å². The van der Waals surface area contributed by atoms with Crippen molar-refractivity contribution in [1.82, 2.24) is 0 Å². The summed E-state index contributed by atoms with van der Waals surface area (Å²) in [7, 11) is 0. The van der Waals surface area contributed by atoms with Gasteiger partial charge in [-0.3, -0.25) is 0 Å². The van der Waals surface area contributed by atoms with Crippen molar-refractivity contribution >= 4 is 0 Å². The van der Waals surface area contributed by atoms with Crippen LogP contribution in [0.25, 0.3) is 11.1 Å². The second kappa shape index (κ2) is 11.3. The molecule has 2 nitrogen and oxygen atoms in total. The molecule has 0 aliphatic rings. The van der Waals surface area contributed by atoms with Gasteiger partial charge in [-0.1, -0.05) is 75.1 Å². The fraction of sp³-hybridized carbons (Fsp3) is 0.308. The number of halogens is 2. The first-order valence-corrected chi connectivity index (χ1v) is 10.6. The minimum Gasteiger partial charge on any atom is -0.491 e. The lowest BCUT2D eigenvalue weighted by atomic mass is 10.0. The average molecular weight is 411 g/mol. The summed E-state index contributed by atoms with van der Waals surface area (Å²) in [6.45, 7) is 2.96. The fourth-order valence-electron chi connectivity index (χ4n) is 3.22. The second-order valence-electron chi connectivity index (χ2n) is 7.33. The number of benzene rings is 3. The van der Waals surface area contributed by atoms with Gasteiger partial charge in [0.2, 0.25) is 0 Å². The molecule has 0 saturated heterocycles. The lowest BCUT2D eigenvalue weighted by molar-refractivity contribution is 0.290. The van der Waals surface area contributed by atoms with E-state index < -0.39 is 11.6 Å². The topological polar surface area (TPSA) is 18.5 Å². The molecule has 0 aliphatic carbocycles. The van der Waals surface area contributed by atoms with Crippen LogP contribution in [-0.2, 0) is 6.61 Å². The highest BCUT2D eigenvalue weighted by Gasteiger charge is 2.10. The van der Waals surface area contributed by atoms with Crippen LogP contribution in [0, 0.1) is 11.6 Å². The summed E-state index contributed by atoms with van der Waals surface area (Å²) < 4.78 is 40.0. The number of ether oxygens (including phenoxy) is 2. The van der Waals surface area contributed by atoms with Crippen molar-refractivity contribution in [3.63, 3.8) is 0 Å². The first kappa shape index (κ1) is 21.8. The zero-order chi connectivity index (χ0) is 21.2. The van der Waals surface area contributed by atoms with Crippen molar-refractivity contribution in [3.05, 3.63) is 83.9 Å². The monoisotopic (exact) mass is 410 g/mol. The van der Waals surface area contributed by atoms with Gasteiger partial charge >= 0.3 is 0 Å². The molecule has 0 unspecified atom stereocenters. The maximum absolute atomic E-state index is 14.5. The Morgan fingerprint density at radius 2 is 1.27 bits per heavy atom. The summed E-state index contributed by atoms with van der Waals surface area (Å²) in [5.74, 6) is -0.509. The van der Waals surface area contributed by atoms with Gasteiger partial charge in [0, 0.05) is 0 Å². The summed E-state index contributed by atoms with van der Waals surface area (Å²) in [5.41, 5.74) is 2.14. The van der Waals surface area contributed by atoms with Crippen LogP contribution < -0.4 is 9.47 Å². The highest BCUT2D eigenvalue weighted by molar-refractivity contribution is 5.65. The van der Waals surface area contributed by atoms with E-state index in [1.54, 1.807) is 24.3 Å². The molecule has 3 aromatic carbocycles. The third-order valence-electron chi connectivity index (χ3n) is 4.94. The summed E-state index contributed by atoms with van der Waals surface area (Å²) in [4.78, 5) is 0. The van der Waals surface area contributed by atoms with Gasteiger partial charge in [0.25, 0.3) is 0 Å². The van der Waals surface area contributed by atoms with Gasteiger partial charge in [-0.25, -0.2) is 8.78 Å². The molecule has 0 aliphatic heterocycles. The van der Waals surface area contributed by atoms with E-state index in [-0.39, 0.29) is 18.1 Å². The van der Waals surface area contributed by atoms with Crippen LogP contribution in [0.5, 0.6) is 11.5 Å². The molecule has 0 aromatic heterocycles. The fourth-order valence-corrected chi connectivity index (χ4v) is 3.22. The Balaban J connectivity index is 1.58. The van der Waals surface area contributed by atoms with E-state index >= 15 is 0 Å². The average Bonchev–Trinajstić information content (AvgIpc) is 2.77. The second-order valence-corrected chi connectivity index (χ2v) is 7.33. The van der Waals surface area contributed by atoms with Crippen LogP contribution in [0.15, 0.2) is 66.7 Å². The summed E-state index contributed by atoms with van der Waals surface area (Å²) in [6.07, 6.45) is 5.59. The smallest absolute Gasteiger partial charge is 0.165 e. The van der Waals surface area contributed by atoms with Gasteiger partial charge in [-0.2, -0.15) is 0 Å². The molecule has 0 spiro atoms. The Hall–Kier alpha value is -2.88. The van der Waals surface area contributed by atoms with Gasteiger partial charge in [0.15, 0.2) is 23.1 Å². The maximum Gasteiger partial charge on any atom is 0.165 e. The van der Waals surface area contributed by atoms with Crippen LogP contribution >= 0.6 is 0 Å². The summed E-state index contributed by atoms with van der Waals surface area (Å²) in [5, 5.41) is 0. The highest BCUT2D eigenvalue weighted by Crippen LogP contribution is 2.29. The highest BCUT2D eigenvalue weighted by atomic mass is 19.1. The standard InChI is InChI=1S/C26H28F2O2/c1-2-3-4-5-9-16-29-25-14-12-21(17-23(25)27)22-13-15-26(24(28)18-22)30-19-20-10-7-6-8-11-20/h6-8,10-15,17-18H,2-5,9,16,19H2,1H3. The molecule has 0 heterocycles. The Bertz CT molecular complexity index is 926. The molecule has 4 heteroatoms. The zero-order valence-corrected chi connectivity index (χ0v) is 17.4. The van der Waals surface area contributed by atoms with E-state index in [0.29, 0.717) is 17.7 Å². The third-order valence-corrected chi connectivity index (χ3v) is 4.94. The molecule has 0 radical (unpaired) electrons.